The van der Waals surface area contributed by atoms with E-state index in [9.17, 15) is 14.0 Å². The van der Waals surface area contributed by atoms with Crippen molar-refractivity contribution in [2.75, 3.05) is 19.8 Å². The van der Waals surface area contributed by atoms with Gasteiger partial charge in [0.1, 0.15) is 17.6 Å². The number of nitrogens with one attached hydrogen (secondary N) is 1. The second-order valence-corrected chi connectivity index (χ2v) is 7.49. The maximum atomic E-state index is 13.3. The van der Waals surface area contributed by atoms with Gasteiger partial charge in [0.2, 0.25) is 5.91 Å². The van der Waals surface area contributed by atoms with E-state index in [-0.39, 0.29) is 36.9 Å². The van der Waals surface area contributed by atoms with E-state index in [4.69, 9.17) is 9.47 Å². The maximum Gasteiger partial charge on any atom is 0.261 e. The Hall–Kier alpha value is -2.93. The molecule has 1 atom stereocenters. The third-order valence-electron chi connectivity index (χ3n) is 4.61. The predicted octanol–water partition coefficient (Wildman–Crippen LogP) is 3.55. The molecule has 0 radical (unpaired) electrons. The molecule has 2 amide bonds. The molecular weight excluding hydrogens is 399 g/mol. The van der Waals surface area contributed by atoms with E-state index in [1.807, 2.05) is 32.0 Å². The van der Waals surface area contributed by atoms with Crippen molar-refractivity contribution in [1.82, 2.24) is 10.2 Å². The SMILES string of the molecule is CC(C)OCCCNC(=O)C(C)N(Cc1ccc(F)cc1)C(=O)COc1ccccc1. The average Bonchev–Trinajstić information content (AvgIpc) is 2.76. The fraction of sp³-hybridized carbons (Fsp3) is 0.417. The van der Waals surface area contributed by atoms with Crippen molar-refractivity contribution in [2.24, 2.45) is 0 Å². The van der Waals surface area contributed by atoms with Gasteiger partial charge in [-0.1, -0.05) is 30.3 Å². The summed E-state index contributed by atoms with van der Waals surface area (Å²) in [5.74, 6) is -0.387. The molecule has 0 bridgehead atoms. The summed E-state index contributed by atoms with van der Waals surface area (Å²) in [7, 11) is 0. The normalized spacial score (nSPS) is 11.8. The third-order valence-corrected chi connectivity index (χ3v) is 4.61. The molecule has 6 nitrogen and oxygen atoms in total. The highest BCUT2D eigenvalue weighted by Crippen LogP contribution is 2.13. The Labute approximate surface area is 183 Å². The molecule has 2 aromatic rings. The number of ether oxygens (including phenoxy) is 2. The van der Waals surface area contributed by atoms with Crippen molar-refractivity contribution < 1.29 is 23.5 Å². The molecule has 31 heavy (non-hydrogen) atoms. The van der Waals surface area contributed by atoms with E-state index in [1.165, 1.54) is 17.0 Å². The second kappa shape index (κ2) is 12.7. The van der Waals surface area contributed by atoms with Gasteiger partial charge in [-0.05, 0) is 57.0 Å². The van der Waals surface area contributed by atoms with Crippen LogP contribution in [0.15, 0.2) is 54.6 Å². The monoisotopic (exact) mass is 430 g/mol. The van der Waals surface area contributed by atoms with E-state index in [0.717, 1.165) is 5.56 Å². The van der Waals surface area contributed by atoms with Gasteiger partial charge in [0.25, 0.3) is 5.91 Å². The van der Waals surface area contributed by atoms with Crippen LogP contribution in [0.1, 0.15) is 32.8 Å². The first-order valence-corrected chi connectivity index (χ1v) is 10.5. The molecule has 0 saturated heterocycles. The fourth-order valence-electron chi connectivity index (χ4n) is 2.86. The molecule has 2 aromatic carbocycles. The molecule has 1 unspecified atom stereocenters. The van der Waals surface area contributed by atoms with Gasteiger partial charge in [-0.25, -0.2) is 4.39 Å². The minimum atomic E-state index is -0.719. The summed E-state index contributed by atoms with van der Waals surface area (Å²) in [6.45, 7) is 6.55. The molecule has 0 aromatic heterocycles. The number of hydrogen-bond donors (Lipinski definition) is 1. The van der Waals surface area contributed by atoms with Crippen molar-refractivity contribution in [1.29, 1.82) is 0 Å². The molecule has 168 valence electrons. The van der Waals surface area contributed by atoms with E-state index in [1.54, 1.807) is 31.2 Å². The van der Waals surface area contributed by atoms with Gasteiger partial charge >= 0.3 is 0 Å². The smallest absolute Gasteiger partial charge is 0.261 e. The minimum absolute atomic E-state index is 0.142. The Kier molecular flexibility index (Phi) is 9.97. The third kappa shape index (κ3) is 8.76. The Balaban J connectivity index is 2.00. The van der Waals surface area contributed by atoms with Crippen molar-refractivity contribution in [3.05, 3.63) is 66.0 Å². The van der Waals surface area contributed by atoms with Gasteiger partial charge in [0, 0.05) is 19.7 Å². The van der Waals surface area contributed by atoms with Gasteiger partial charge in [-0.15, -0.1) is 0 Å². The first kappa shape index (κ1) is 24.3. The quantitative estimate of drug-likeness (QED) is 0.523. The zero-order valence-electron chi connectivity index (χ0n) is 18.3. The van der Waals surface area contributed by atoms with Crippen LogP contribution >= 0.6 is 0 Å². The molecule has 0 saturated carbocycles. The van der Waals surface area contributed by atoms with Gasteiger partial charge in [0.05, 0.1) is 6.10 Å². The molecule has 2 rings (SSSR count). The van der Waals surface area contributed by atoms with Crippen molar-refractivity contribution in [2.45, 2.75) is 45.9 Å². The number of hydrogen-bond acceptors (Lipinski definition) is 4. The Morgan fingerprint density at radius 3 is 2.35 bits per heavy atom. The Bertz CT molecular complexity index is 812. The van der Waals surface area contributed by atoms with Gasteiger partial charge in [-0.2, -0.15) is 0 Å². The molecule has 0 aliphatic carbocycles. The van der Waals surface area contributed by atoms with E-state index < -0.39 is 6.04 Å². The number of halogens is 1. The lowest BCUT2D eigenvalue weighted by atomic mass is 10.1. The summed E-state index contributed by atoms with van der Waals surface area (Å²) in [6, 6.07) is 14.1. The van der Waals surface area contributed by atoms with Crippen LogP contribution in [0, 0.1) is 5.82 Å². The lowest BCUT2D eigenvalue weighted by molar-refractivity contribution is -0.142. The van der Waals surface area contributed by atoms with Crippen LogP contribution in [0.2, 0.25) is 0 Å². The molecule has 1 N–H and O–H groups in total. The Morgan fingerprint density at radius 1 is 1.03 bits per heavy atom. The van der Waals surface area contributed by atoms with Crippen LogP contribution in [0.4, 0.5) is 4.39 Å². The molecule has 0 heterocycles. The molecule has 0 aliphatic rings. The predicted molar refractivity (Wildman–Crippen MR) is 117 cm³/mol. The lowest BCUT2D eigenvalue weighted by Crippen LogP contribution is -2.49. The van der Waals surface area contributed by atoms with Crippen LogP contribution in [0.3, 0.4) is 0 Å². The minimum Gasteiger partial charge on any atom is -0.484 e. The highest BCUT2D eigenvalue weighted by molar-refractivity contribution is 5.87. The summed E-state index contributed by atoms with van der Waals surface area (Å²) in [4.78, 5) is 27.0. The summed E-state index contributed by atoms with van der Waals surface area (Å²) in [6.07, 6.45) is 0.822. The number of nitrogens with zero attached hydrogens (tertiary/aromatic N) is 1. The van der Waals surface area contributed by atoms with Crippen LogP contribution in [-0.2, 0) is 20.9 Å². The first-order chi connectivity index (χ1) is 14.9. The Morgan fingerprint density at radius 2 is 1.71 bits per heavy atom. The van der Waals surface area contributed by atoms with Crippen LogP contribution < -0.4 is 10.1 Å². The van der Waals surface area contributed by atoms with Crippen LogP contribution in [-0.4, -0.2) is 48.6 Å². The second-order valence-electron chi connectivity index (χ2n) is 7.49. The molecular formula is C24H31FN2O4. The number of carbonyl (C=O) groups is 2. The van der Waals surface area contributed by atoms with Crippen LogP contribution in [0.5, 0.6) is 5.75 Å². The summed E-state index contributed by atoms with van der Waals surface area (Å²) in [5.41, 5.74) is 0.722. The van der Waals surface area contributed by atoms with Crippen molar-refractivity contribution in [3.63, 3.8) is 0 Å². The average molecular weight is 431 g/mol. The maximum absolute atomic E-state index is 13.3. The number of amides is 2. The summed E-state index contributed by atoms with van der Waals surface area (Å²) >= 11 is 0. The topological polar surface area (TPSA) is 67.9 Å². The highest BCUT2D eigenvalue weighted by atomic mass is 19.1. The first-order valence-electron chi connectivity index (χ1n) is 10.5. The molecule has 0 fully saturated rings. The highest BCUT2D eigenvalue weighted by Gasteiger charge is 2.26. The van der Waals surface area contributed by atoms with Gasteiger partial charge in [-0.3, -0.25) is 9.59 Å². The van der Waals surface area contributed by atoms with Gasteiger partial charge < -0.3 is 19.7 Å². The zero-order chi connectivity index (χ0) is 22.6. The standard InChI is InChI=1S/C24H31FN2O4/c1-18(2)30-15-7-14-26-24(29)19(3)27(16-20-10-12-21(25)13-11-20)23(28)17-31-22-8-5-4-6-9-22/h4-6,8-13,18-19H,7,14-17H2,1-3H3,(H,26,29). The largest absolute Gasteiger partial charge is 0.484 e. The van der Waals surface area contributed by atoms with Crippen molar-refractivity contribution >= 4 is 11.8 Å². The van der Waals surface area contributed by atoms with E-state index >= 15 is 0 Å². The summed E-state index contributed by atoms with van der Waals surface area (Å²) < 4.78 is 24.3. The number of para-hydroxylation sites is 1. The number of rotatable bonds is 12. The van der Waals surface area contributed by atoms with E-state index in [2.05, 4.69) is 5.32 Å². The summed E-state index contributed by atoms with van der Waals surface area (Å²) in [5, 5.41) is 2.85. The van der Waals surface area contributed by atoms with Gasteiger partial charge in [0.15, 0.2) is 6.61 Å². The molecule has 7 heteroatoms. The zero-order valence-corrected chi connectivity index (χ0v) is 18.3. The van der Waals surface area contributed by atoms with Crippen LogP contribution in [0.25, 0.3) is 0 Å². The lowest BCUT2D eigenvalue weighted by Gasteiger charge is -2.28. The molecule has 0 aliphatic heterocycles. The molecule has 0 spiro atoms. The van der Waals surface area contributed by atoms with Crippen molar-refractivity contribution in [3.8, 4) is 5.75 Å². The number of benzene rings is 2. The number of carbonyl (C=O) groups excluding carboxylic acids is 2. The van der Waals surface area contributed by atoms with E-state index in [0.29, 0.717) is 25.3 Å². The fourth-order valence-corrected chi connectivity index (χ4v) is 2.86.